The molecule has 15 heavy (non-hydrogen) atoms. The maximum Gasteiger partial charge on any atom is 0.223 e. The Morgan fingerprint density at radius 2 is 1.93 bits per heavy atom. The summed E-state index contributed by atoms with van der Waals surface area (Å²) in [4.78, 5) is 12.4. The van der Waals surface area contributed by atoms with Crippen LogP contribution in [0.5, 0.6) is 0 Å². The summed E-state index contributed by atoms with van der Waals surface area (Å²) in [5, 5.41) is 0. The Morgan fingerprint density at radius 3 is 2.47 bits per heavy atom. The number of nitrogens with zero attached hydrogens (tertiary/aromatic N) is 3. The average molecular weight is 210 g/mol. The van der Waals surface area contributed by atoms with Crippen molar-refractivity contribution in [2.24, 2.45) is 0 Å². The molecule has 0 saturated heterocycles. The highest BCUT2D eigenvalue weighted by molar-refractivity contribution is 5.16. The van der Waals surface area contributed by atoms with Gasteiger partial charge in [0, 0.05) is 13.0 Å². The molecule has 0 bridgehead atoms. The number of aryl methyl sites for hydroxylation is 1. The van der Waals surface area contributed by atoms with Crippen molar-refractivity contribution in [2.75, 3.05) is 12.3 Å². The van der Waals surface area contributed by atoms with Gasteiger partial charge in [0.2, 0.25) is 5.95 Å². The zero-order valence-electron chi connectivity index (χ0n) is 9.53. The molecule has 0 aliphatic heterocycles. The van der Waals surface area contributed by atoms with Crippen molar-refractivity contribution < 1.29 is 4.74 Å². The molecule has 0 aromatic carbocycles. The summed E-state index contributed by atoms with van der Waals surface area (Å²) in [5.74, 6) is 1.63. The molecule has 1 rings (SSSR count). The van der Waals surface area contributed by atoms with Gasteiger partial charge in [0.05, 0.1) is 0 Å². The Hall–Kier alpha value is -1.23. The van der Waals surface area contributed by atoms with Crippen molar-refractivity contribution in [3.63, 3.8) is 0 Å². The molecule has 1 aromatic heterocycles. The maximum absolute atomic E-state index is 5.61. The van der Waals surface area contributed by atoms with Crippen LogP contribution >= 0.6 is 0 Å². The summed E-state index contributed by atoms with van der Waals surface area (Å²) in [6, 6.07) is 0. The van der Waals surface area contributed by atoms with Crippen LogP contribution in [0.2, 0.25) is 0 Å². The molecule has 0 radical (unpaired) electrons. The van der Waals surface area contributed by atoms with Gasteiger partial charge in [0.1, 0.15) is 11.9 Å². The SMILES string of the molecule is CCOC(CC)c1nc(N)nc(CC)n1. The summed E-state index contributed by atoms with van der Waals surface area (Å²) >= 11 is 0. The highest BCUT2D eigenvalue weighted by Crippen LogP contribution is 2.17. The molecular formula is C10H18N4O. The lowest BCUT2D eigenvalue weighted by molar-refractivity contribution is 0.0532. The van der Waals surface area contributed by atoms with E-state index < -0.39 is 0 Å². The monoisotopic (exact) mass is 210 g/mol. The molecule has 0 aliphatic rings. The van der Waals surface area contributed by atoms with Crippen molar-refractivity contribution in [3.8, 4) is 0 Å². The van der Waals surface area contributed by atoms with E-state index in [1.165, 1.54) is 0 Å². The number of hydrogen-bond donors (Lipinski definition) is 1. The van der Waals surface area contributed by atoms with Crippen LogP contribution in [0.25, 0.3) is 0 Å². The van der Waals surface area contributed by atoms with Gasteiger partial charge in [0.25, 0.3) is 0 Å². The molecule has 84 valence electrons. The smallest absolute Gasteiger partial charge is 0.223 e. The van der Waals surface area contributed by atoms with Crippen LogP contribution in [0.15, 0.2) is 0 Å². The molecular weight excluding hydrogens is 192 g/mol. The number of nitrogens with two attached hydrogens (primary N) is 1. The van der Waals surface area contributed by atoms with Gasteiger partial charge in [-0.1, -0.05) is 13.8 Å². The van der Waals surface area contributed by atoms with Gasteiger partial charge >= 0.3 is 0 Å². The number of rotatable bonds is 5. The Morgan fingerprint density at radius 1 is 1.20 bits per heavy atom. The standard InChI is InChI=1S/C10H18N4O/c1-4-7(15-6-3)9-12-8(5-2)13-10(11)14-9/h7H,4-6H2,1-3H3,(H2,11,12,13,14). The average Bonchev–Trinajstić information content (AvgIpc) is 2.24. The van der Waals surface area contributed by atoms with E-state index in [1.54, 1.807) is 0 Å². The number of aromatic nitrogens is 3. The van der Waals surface area contributed by atoms with Gasteiger partial charge in [0.15, 0.2) is 5.82 Å². The van der Waals surface area contributed by atoms with Gasteiger partial charge in [-0.3, -0.25) is 0 Å². The second kappa shape index (κ2) is 5.60. The molecule has 1 heterocycles. The molecule has 5 heteroatoms. The molecule has 0 spiro atoms. The number of anilines is 1. The molecule has 0 aliphatic carbocycles. The third kappa shape index (κ3) is 3.13. The topological polar surface area (TPSA) is 73.9 Å². The molecule has 2 N–H and O–H groups in total. The predicted molar refractivity (Wildman–Crippen MR) is 58.3 cm³/mol. The van der Waals surface area contributed by atoms with Crippen LogP contribution in [0, 0.1) is 0 Å². The van der Waals surface area contributed by atoms with Crippen molar-refractivity contribution in [2.45, 2.75) is 39.7 Å². The van der Waals surface area contributed by atoms with Crippen LogP contribution in [-0.4, -0.2) is 21.6 Å². The van der Waals surface area contributed by atoms with E-state index in [1.807, 2.05) is 20.8 Å². The van der Waals surface area contributed by atoms with Gasteiger partial charge < -0.3 is 10.5 Å². The minimum atomic E-state index is -0.0781. The minimum Gasteiger partial charge on any atom is -0.371 e. The van der Waals surface area contributed by atoms with Crippen LogP contribution in [0.1, 0.15) is 44.9 Å². The maximum atomic E-state index is 5.61. The predicted octanol–water partition coefficient (Wildman–Crippen LogP) is 1.50. The Bertz CT molecular complexity index is 316. The minimum absolute atomic E-state index is 0.0781. The first-order chi connectivity index (χ1) is 7.21. The summed E-state index contributed by atoms with van der Waals surface area (Å²) in [5.41, 5.74) is 5.61. The molecule has 0 amide bonds. The third-order valence-corrected chi connectivity index (χ3v) is 2.06. The lowest BCUT2D eigenvalue weighted by atomic mass is 10.2. The second-order valence-electron chi connectivity index (χ2n) is 3.17. The normalized spacial score (nSPS) is 12.7. The van der Waals surface area contributed by atoms with E-state index in [0.717, 1.165) is 18.7 Å². The third-order valence-electron chi connectivity index (χ3n) is 2.06. The van der Waals surface area contributed by atoms with Crippen molar-refractivity contribution in [1.82, 2.24) is 15.0 Å². The van der Waals surface area contributed by atoms with Gasteiger partial charge in [-0.2, -0.15) is 9.97 Å². The molecule has 1 aromatic rings. The molecule has 0 fully saturated rings. The van der Waals surface area contributed by atoms with E-state index in [9.17, 15) is 0 Å². The van der Waals surface area contributed by atoms with E-state index in [-0.39, 0.29) is 12.1 Å². The van der Waals surface area contributed by atoms with E-state index in [0.29, 0.717) is 12.4 Å². The van der Waals surface area contributed by atoms with E-state index in [2.05, 4.69) is 15.0 Å². The molecule has 1 atom stereocenters. The lowest BCUT2D eigenvalue weighted by Crippen LogP contribution is -2.12. The first-order valence-electron chi connectivity index (χ1n) is 5.33. The quantitative estimate of drug-likeness (QED) is 0.797. The van der Waals surface area contributed by atoms with Crippen LogP contribution in [0.4, 0.5) is 5.95 Å². The fourth-order valence-corrected chi connectivity index (χ4v) is 1.34. The summed E-state index contributed by atoms with van der Waals surface area (Å²) in [6.45, 7) is 6.62. The van der Waals surface area contributed by atoms with Gasteiger partial charge in [-0.05, 0) is 13.3 Å². The van der Waals surface area contributed by atoms with E-state index in [4.69, 9.17) is 10.5 Å². The summed E-state index contributed by atoms with van der Waals surface area (Å²) < 4.78 is 5.52. The fourth-order valence-electron chi connectivity index (χ4n) is 1.34. The van der Waals surface area contributed by atoms with Crippen LogP contribution < -0.4 is 5.73 Å². The highest BCUT2D eigenvalue weighted by atomic mass is 16.5. The lowest BCUT2D eigenvalue weighted by Gasteiger charge is -2.13. The first kappa shape index (κ1) is 11.8. The first-order valence-corrected chi connectivity index (χ1v) is 5.33. The Labute approximate surface area is 90.1 Å². The zero-order chi connectivity index (χ0) is 11.3. The highest BCUT2D eigenvalue weighted by Gasteiger charge is 2.14. The van der Waals surface area contributed by atoms with Crippen molar-refractivity contribution >= 4 is 5.95 Å². The van der Waals surface area contributed by atoms with Crippen molar-refractivity contribution in [1.29, 1.82) is 0 Å². The number of ether oxygens (including phenoxy) is 1. The molecule has 1 unspecified atom stereocenters. The van der Waals surface area contributed by atoms with Crippen LogP contribution in [-0.2, 0) is 11.2 Å². The summed E-state index contributed by atoms with van der Waals surface area (Å²) in [7, 11) is 0. The Balaban J connectivity index is 2.95. The summed E-state index contributed by atoms with van der Waals surface area (Å²) in [6.07, 6.45) is 1.51. The fraction of sp³-hybridized carbons (Fsp3) is 0.700. The second-order valence-corrected chi connectivity index (χ2v) is 3.17. The molecule has 0 saturated carbocycles. The zero-order valence-corrected chi connectivity index (χ0v) is 9.53. The van der Waals surface area contributed by atoms with Gasteiger partial charge in [-0.25, -0.2) is 4.98 Å². The largest absolute Gasteiger partial charge is 0.371 e. The van der Waals surface area contributed by atoms with E-state index >= 15 is 0 Å². The number of nitrogen functional groups attached to an aromatic ring is 1. The molecule has 5 nitrogen and oxygen atoms in total. The Kier molecular flexibility index (Phi) is 4.42. The number of hydrogen-bond acceptors (Lipinski definition) is 5. The van der Waals surface area contributed by atoms with Crippen LogP contribution in [0.3, 0.4) is 0 Å². The van der Waals surface area contributed by atoms with Gasteiger partial charge in [-0.15, -0.1) is 0 Å². The van der Waals surface area contributed by atoms with Crippen molar-refractivity contribution in [3.05, 3.63) is 11.6 Å².